The van der Waals surface area contributed by atoms with E-state index in [-0.39, 0.29) is 17.4 Å². The number of nitrogens with one attached hydrogen (secondary N) is 2. The molecule has 0 unspecified atom stereocenters. The van der Waals surface area contributed by atoms with Gasteiger partial charge in [-0.25, -0.2) is 4.98 Å². The van der Waals surface area contributed by atoms with Crippen LogP contribution in [0.1, 0.15) is 5.56 Å². The number of hydrogen-bond acceptors (Lipinski definition) is 4. The number of benzene rings is 3. The Bertz CT molecular complexity index is 1110. The molecule has 0 fully saturated rings. The predicted octanol–water partition coefficient (Wildman–Crippen LogP) is 5.02. The molecule has 4 rings (SSSR count). The predicted molar refractivity (Wildman–Crippen MR) is 120 cm³/mol. The molecule has 0 saturated heterocycles. The number of para-hydroxylation sites is 1. The Hall–Kier alpha value is -3.09. The highest BCUT2D eigenvalue weighted by Gasteiger charge is 2.09. The third-order valence-electron chi connectivity index (χ3n) is 4.12. The molecule has 1 heterocycles. The Balaban J connectivity index is 1.43. The van der Waals surface area contributed by atoms with Gasteiger partial charge in [-0.15, -0.1) is 11.3 Å². The minimum absolute atomic E-state index is 0.147. The van der Waals surface area contributed by atoms with E-state index in [0.29, 0.717) is 0 Å². The van der Waals surface area contributed by atoms with Crippen molar-refractivity contribution >= 4 is 50.5 Å². The van der Waals surface area contributed by atoms with Gasteiger partial charge in [0.15, 0.2) is 5.11 Å². The number of thiazole rings is 1. The Labute approximate surface area is 172 Å². The van der Waals surface area contributed by atoms with Crippen LogP contribution in [0, 0.1) is 0 Å². The lowest BCUT2D eigenvalue weighted by Gasteiger charge is -2.10. The number of anilines is 1. The van der Waals surface area contributed by atoms with Gasteiger partial charge in [0.2, 0.25) is 5.91 Å². The van der Waals surface area contributed by atoms with E-state index in [1.165, 1.54) is 0 Å². The van der Waals surface area contributed by atoms with Gasteiger partial charge in [-0.05, 0) is 42.0 Å². The van der Waals surface area contributed by atoms with E-state index < -0.39 is 0 Å². The largest absolute Gasteiger partial charge is 0.332 e. The van der Waals surface area contributed by atoms with E-state index in [4.69, 9.17) is 12.2 Å². The van der Waals surface area contributed by atoms with E-state index in [0.717, 1.165) is 32.0 Å². The lowest BCUT2D eigenvalue weighted by atomic mass is 10.1. The van der Waals surface area contributed by atoms with Crippen LogP contribution in [0.5, 0.6) is 0 Å². The number of fused-ring (bicyclic) bond motifs is 1. The smallest absolute Gasteiger partial charge is 0.230 e. The molecule has 0 aliphatic rings. The maximum absolute atomic E-state index is 12.2. The van der Waals surface area contributed by atoms with Crippen molar-refractivity contribution in [1.82, 2.24) is 10.3 Å². The SMILES string of the molecule is O=C(Cc1ccccc1)NC(=S)Nc1cccc(-c2nc3ccccc3s2)c1. The second-order valence-corrected chi connectivity index (χ2v) is 7.67. The number of amides is 1. The summed E-state index contributed by atoms with van der Waals surface area (Å²) in [6, 6.07) is 25.5. The third-order valence-corrected chi connectivity index (χ3v) is 5.41. The van der Waals surface area contributed by atoms with Gasteiger partial charge in [-0.1, -0.05) is 54.6 Å². The number of hydrogen-bond donors (Lipinski definition) is 2. The molecular formula is C22H17N3OS2. The first-order valence-electron chi connectivity index (χ1n) is 8.78. The topological polar surface area (TPSA) is 54.0 Å². The number of aromatic nitrogens is 1. The monoisotopic (exact) mass is 403 g/mol. The van der Waals surface area contributed by atoms with Crippen molar-refractivity contribution in [2.24, 2.45) is 0 Å². The fourth-order valence-electron chi connectivity index (χ4n) is 2.84. The second-order valence-electron chi connectivity index (χ2n) is 6.23. The summed E-state index contributed by atoms with van der Waals surface area (Å²) in [5, 5.41) is 7.03. The molecule has 0 spiro atoms. The van der Waals surface area contributed by atoms with Crippen LogP contribution in [0.3, 0.4) is 0 Å². The molecule has 0 aliphatic carbocycles. The molecule has 0 bridgehead atoms. The Morgan fingerprint density at radius 2 is 1.75 bits per heavy atom. The summed E-state index contributed by atoms with van der Waals surface area (Å²) >= 11 is 6.93. The zero-order valence-electron chi connectivity index (χ0n) is 14.9. The average molecular weight is 404 g/mol. The number of rotatable bonds is 4. The number of carbonyl (C=O) groups excluding carboxylic acids is 1. The van der Waals surface area contributed by atoms with Crippen LogP contribution in [0.2, 0.25) is 0 Å². The average Bonchev–Trinajstić information content (AvgIpc) is 3.13. The van der Waals surface area contributed by atoms with Gasteiger partial charge in [0.25, 0.3) is 0 Å². The molecule has 0 radical (unpaired) electrons. The zero-order valence-corrected chi connectivity index (χ0v) is 16.5. The quantitative estimate of drug-likeness (QED) is 0.470. The molecule has 1 aromatic heterocycles. The molecule has 0 atom stereocenters. The summed E-state index contributed by atoms with van der Waals surface area (Å²) < 4.78 is 1.15. The van der Waals surface area contributed by atoms with E-state index in [9.17, 15) is 4.79 Å². The normalized spacial score (nSPS) is 10.6. The van der Waals surface area contributed by atoms with Crippen molar-refractivity contribution in [1.29, 1.82) is 0 Å². The van der Waals surface area contributed by atoms with E-state index in [1.807, 2.05) is 72.8 Å². The summed E-state index contributed by atoms with van der Waals surface area (Å²) in [5.74, 6) is -0.147. The van der Waals surface area contributed by atoms with Crippen LogP contribution in [-0.2, 0) is 11.2 Å². The number of carbonyl (C=O) groups is 1. The van der Waals surface area contributed by atoms with Gasteiger partial charge >= 0.3 is 0 Å². The summed E-state index contributed by atoms with van der Waals surface area (Å²) in [7, 11) is 0. The second kappa shape index (κ2) is 8.29. The molecule has 1 amide bonds. The molecule has 6 heteroatoms. The van der Waals surface area contributed by atoms with Crippen molar-refractivity contribution in [3.8, 4) is 10.6 Å². The first-order valence-corrected chi connectivity index (χ1v) is 10.0. The minimum Gasteiger partial charge on any atom is -0.332 e. The lowest BCUT2D eigenvalue weighted by Crippen LogP contribution is -2.35. The fraction of sp³-hybridized carbons (Fsp3) is 0.0455. The number of thiocarbonyl (C=S) groups is 1. The maximum Gasteiger partial charge on any atom is 0.230 e. The van der Waals surface area contributed by atoms with E-state index in [2.05, 4.69) is 21.7 Å². The highest BCUT2D eigenvalue weighted by Crippen LogP contribution is 2.31. The van der Waals surface area contributed by atoms with E-state index in [1.54, 1.807) is 11.3 Å². The highest BCUT2D eigenvalue weighted by molar-refractivity contribution is 7.80. The van der Waals surface area contributed by atoms with Crippen molar-refractivity contribution in [3.05, 3.63) is 84.4 Å². The van der Waals surface area contributed by atoms with Crippen LogP contribution in [0.25, 0.3) is 20.8 Å². The van der Waals surface area contributed by atoms with Crippen molar-refractivity contribution in [2.45, 2.75) is 6.42 Å². The molecule has 0 aliphatic heterocycles. The molecule has 2 N–H and O–H groups in total. The van der Waals surface area contributed by atoms with Gasteiger partial charge in [-0.3, -0.25) is 4.79 Å². The lowest BCUT2D eigenvalue weighted by molar-refractivity contribution is -0.119. The summed E-state index contributed by atoms with van der Waals surface area (Å²) in [6.45, 7) is 0. The van der Waals surface area contributed by atoms with Crippen molar-refractivity contribution in [2.75, 3.05) is 5.32 Å². The first-order chi connectivity index (χ1) is 13.7. The molecule has 3 aromatic carbocycles. The van der Waals surface area contributed by atoms with Gasteiger partial charge in [-0.2, -0.15) is 0 Å². The molecule has 28 heavy (non-hydrogen) atoms. The van der Waals surface area contributed by atoms with Gasteiger partial charge in [0, 0.05) is 11.3 Å². The number of nitrogens with zero attached hydrogens (tertiary/aromatic N) is 1. The van der Waals surface area contributed by atoms with Gasteiger partial charge in [0.1, 0.15) is 5.01 Å². The Kier molecular flexibility index (Phi) is 5.41. The fourth-order valence-corrected chi connectivity index (χ4v) is 4.03. The van der Waals surface area contributed by atoms with Crippen molar-refractivity contribution in [3.63, 3.8) is 0 Å². The van der Waals surface area contributed by atoms with Crippen LogP contribution in [0.4, 0.5) is 5.69 Å². The molecule has 0 saturated carbocycles. The third kappa shape index (κ3) is 4.42. The summed E-state index contributed by atoms with van der Waals surface area (Å²) in [5.41, 5.74) is 3.75. The minimum atomic E-state index is -0.147. The summed E-state index contributed by atoms with van der Waals surface area (Å²) in [6.07, 6.45) is 0.286. The highest BCUT2D eigenvalue weighted by atomic mass is 32.1. The molecular weight excluding hydrogens is 386 g/mol. The van der Waals surface area contributed by atoms with Crippen LogP contribution in [-0.4, -0.2) is 16.0 Å². The standard InChI is InChI=1S/C22H17N3OS2/c26-20(13-15-7-2-1-3-8-15)25-22(27)23-17-10-6-9-16(14-17)21-24-18-11-4-5-12-19(18)28-21/h1-12,14H,13H2,(H2,23,25,26,27). The summed E-state index contributed by atoms with van der Waals surface area (Å²) in [4.78, 5) is 16.8. The van der Waals surface area contributed by atoms with Crippen LogP contribution < -0.4 is 10.6 Å². The van der Waals surface area contributed by atoms with Crippen molar-refractivity contribution < 1.29 is 4.79 Å². The van der Waals surface area contributed by atoms with E-state index >= 15 is 0 Å². The Morgan fingerprint density at radius 1 is 0.964 bits per heavy atom. The maximum atomic E-state index is 12.2. The van der Waals surface area contributed by atoms with Gasteiger partial charge in [0.05, 0.1) is 16.6 Å². The molecule has 4 aromatic rings. The van der Waals surface area contributed by atoms with Crippen LogP contribution >= 0.6 is 23.6 Å². The van der Waals surface area contributed by atoms with Crippen LogP contribution in [0.15, 0.2) is 78.9 Å². The molecule has 4 nitrogen and oxygen atoms in total. The Morgan fingerprint density at radius 3 is 2.57 bits per heavy atom. The zero-order chi connectivity index (χ0) is 19.3. The first kappa shape index (κ1) is 18.3. The molecule has 138 valence electrons. The van der Waals surface area contributed by atoms with Gasteiger partial charge < -0.3 is 10.6 Å².